The van der Waals surface area contributed by atoms with E-state index in [1.165, 1.54) is 35.7 Å². The average Bonchev–Trinajstić information content (AvgIpc) is 2.85. The van der Waals surface area contributed by atoms with Crippen molar-refractivity contribution in [1.82, 2.24) is 10.2 Å². The molecule has 0 radical (unpaired) electrons. The second-order valence-corrected chi connectivity index (χ2v) is 8.95. The summed E-state index contributed by atoms with van der Waals surface area (Å²) in [5.41, 5.74) is 1.64. The number of thioether (sulfide) groups is 2. The van der Waals surface area contributed by atoms with Crippen LogP contribution in [0.2, 0.25) is 0 Å². The Morgan fingerprint density at radius 3 is 2.41 bits per heavy atom. The van der Waals surface area contributed by atoms with Gasteiger partial charge in [-0.3, -0.25) is 14.8 Å². The van der Waals surface area contributed by atoms with Gasteiger partial charge in [-0.1, -0.05) is 48.8 Å². The van der Waals surface area contributed by atoms with Crippen LogP contribution >= 0.6 is 23.5 Å². The van der Waals surface area contributed by atoms with E-state index in [0.717, 1.165) is 16.9 Å². The van der Waals surface area contributed by atoms with Crippen LogP contribution in [-0.4, -0.2) is 55.2 Å². The lowest BCUT2D eigenvalue weighted by Crippen LogP contribution is -2.31. The smallest absolute Gasteiger partial charge is 0.235 e. The Labute approximate surface area is 209 Å². The molecule has 0 aliphatic carbocycles. The number of benzene rings is 2. The number of carbonyl (C=O) groups is 1. The molecule has 1 amide bonds. The number of methoxy groups -OCH3 is 1. The molecular formula is C25H29FN4O2S2. The van der Waals surface area contributed by atoms with Gasteiger partial charge in [0.15, 0.2) is 0 Å². The molecule has 0 aliphatic heterocycles. The largest absolute Gasteiger partial charge is 0.497 e. The number of nitrogens with zero attached hydrogens (tertiary/aromatic N) is 3. The molecular weight excluding hydrogens is 471 g/mol. The summed E-state index contributed by atoms with van der Waals surface area (Å²) < 4.78 is 18.6. The zero-order chi connectivity index (χ0) is 25.1. The first-order valence-electron chi connectivity index (χ1n) is 10.4. The minimum absolute atomic E-state index is 0.146. The third-order valence-electron chi connectivity index (χ3n) is 4.58. The summed E-state index contributed by atoms with van der Waals surface area (Å²) in [5.74, 6) is 1.00. The summed E-state index contributed by atoms with van der Waals surface area (Å²) in [6.07, 6.45) is 0. The number of rotatable bonds is 10. The second-order valence-electron chi connectivity index (χ2n) is 6.81. The predicted octanol–water partition coefficient (Wildman–Crippen LogP) is 5.13. The van der Waals surface area contributed by atoms with Crippen LogP contribution < -0.4 is 10.1 Å². The van der Waals surface area contributed by atoms with E-state index < -0.39 is 0 Å². The van der Waals surface area contributed by atoms with Crippen LogP contribution in [0.1, 0.15) is 18.1 Å². The van der Waals surface area contributed by atoms with E-state index in [4.69, 9.17) is 4.74 Å². The molecule has 0 heterocycles. The molecule has 6 nitrogen and oxygen atoms in total. The lowest BCUT2D eigenvalue weighted by atomic mass is 10.2. The number of hydrogen-bond acceptors (Lipinski definition) is 6. The fourth-order valence-electron chi connectivity index (χ4n) is 3.00. The van der Waals surface area contributed by atoms with Crippen LogP contribution in [0.25, 0.3) is 0 Å². The summed E-state index contributed by atoms with van der Waals surface area (Å²) in [4.78, 5) is 23.1. The summed E-state index contributed by atoms with van der Waals surface area (Å²) in [7, 11) is 4.96. The van der Waals surface area contributed by atoms with Gasteiger partial charge in [0.05, 0.1) is 22.9 Å². The lowest BCUT2D eigenvalue weighted by molar-refractivity contribution is -0.117. The summed E-state index contributed by atoms with van der Waals surface area (Å²) in [5, 5.41) is 4.64. The van der Waals surface area contributed by atoms with Crippen LogP contribution in [0.5, 0.6) is 5.75 Å². The molecule has 2 aromatic rings. The van der Waals surface area contributed by atoms with Crippen molar-refractivity contribution in [1.29, 1.82) is 0 Å². The van der Waals surface area contributed by atoms with Crippen molar-refractivity contribution in [2.45, 2.75) is 6.92 Å². The Morgan fingerprint density at radius 1 is 1.12 bits per heavy atom. The number of amidine groups is 1. The number of carbonyl (C=O) groups excluding carboxylic acids is 1. The first-order valence-corrected chi connectivity index (χ1v) is 12.2. The standard InChI is InChI=1S/C25H29FN4O2S2/c1-7-30(24(27-4)19-11-13-21(26)14-12-19)18(3)33-16-23(31)29-17(2)34-25(28-5)20-9-8-10-22(15-20)32-6/h8-15H,2-3,7,16H2,1,4-6H3,(H,29,31). The van der Waals surface area contributed by atoms with Crippen molar-refractivity contribution in [2.24, 2.45) is 9.98 Å². The zero-order valence-electron chi connectivity index (χ0n) is 19.8. The molecule has 0 unspecified atom stereocenters. The van der Waals surface area contributed by atoms with Gasteiger partial charge in [-0.15, -0.1) is 0 Å². The molecule has 9 heteroatoms. The summed E-state index contributed by atoms with van der Waals surface area (Å²) in [6.45, 7) is 10.6. The molecule has 180 valence electrons. The SMILES string of the molecule is C=C(NC(=O)CSC(=C)N(CC)C(=NC)c1ccc(F)cc1)SC(=NC)c1cccc(OC)c1. The normalized spacial score (nSPS) is 11.7. The van der Waals surface area contributed by atoms with Crippen molar-refractivity contribution in [2.75, 3.05) is 33.5 Å². The highest BCUT2D eigenvalue weighted by atomic mass is 32.2. The Kier molecular flexibility index (Phi) is 10.9. The highest BCUT2D eigenvalue weighted by molar-refractivity contribution is 8.17. The van der Waals surface area contributed by atoms with Crippen molar-refractivity contribution in [3.63, 3.8) is 0 Å². The van der Waals surface area contributed by atoms with Gasteiger partial charge in [0.25, 0.3) is 0 Å². The molecule has 0 aromatic heterocycles. The van der Waals surface area contributed by atoms with E-state index >= 15 is 0 Å². The van der Waals surface area contributed by atoms with Gasteiger partial charge in [0.2, 0.25) is 5.91 Å². The van der Waals surface area contributed by atoms with Gasteiger partial charge in [-0.25, -0.2) is 4.39 Å². The third kappa shape index (κ3) is 7.78. The molecule has 34 heavy (non-hydrogen) atoms. The van der Waals surface area contributed by atoms with E-state index in [1.54, 1.807) is 33.3 Å². The van der Waals surface area contributed by atoms with Crippen molar-refractivity contribution >= 4 is 40.3 Å². The Morgan fingerprint density at radius 2 is 1.82 bits per heavy atom. The van der Waals surface area contributed by atoms with Crippen molar-refractivity contribution < 1.29 is 13.9 Å². The number of nitrogens with one attached hydrogen (secondary N) is 1. The topological polar surface area (TPSA) is 66.3 Å². The van der Waals surface area contributed by atoms with E-state index in [2.05, 4.69) is 28.5 Å². The predicted molar refractivity (Wildman–Crippen MR) is 143 cm³/mol. The first-order chi connectivity index (χ1) is 16.3. The van der Waals surface area contributed by atoms with Crippen LogP contribution in [-0.2, 0) is 4.79 Å². The molecule has 2 aromatic carbocycles. The molecule has 0 fully saturated rings. The van der Waals surface area contributed by atoms with Gasteiger partial charge >= 0.3 is 0 Å². The quantitative estimate of drug-likeness (QED) is 0.362. The Hall–Kier alpha value is -3.04. The monoisotopic (exact) mass is 500 g/mol. The maximum Gasteiger partial charge on any atom is 0.235 e. The summed E-state index contributed by atoms with van der Waals surface area (Å²) >= 11 is 2.57. The Bertz CT molecular complexity index is 1080. The lowest BCUT2D eigenvalue weighted by Gasteiger charge is -2.26. The van der Waals surface area contributed by atoms with E-state index in [9.17, 15) is 9.18 Å². The maximum atomic E-state index is 13.3. The van der Waals surface area contributed by atoms with Gasteiger partial charge in [-0.2, -0.15) is 0 Å². The first kappa shape index (κ1) is 27.2. The number of ether oxygens (including phenoxy) is 1. The molecule has 0 saturated carbocycles. The third-order valence-corrected chi connectivity index (χ3v) is 6.50. The molecule has 0 saturated heterocycles. The molecule has 0 aliphatic rings. The van der Waals surface area contributed by atoms with Crippen LogP contribution in [0.4, 0.5) is 4.39 Å². The van der Waals surface area contributed by atoms with Gasteiger partial charge in [0.1, 0.15) is 22.4 Å². The molecule has 0 spiro atoms. The molecule has 0 bridgehead atoms. The van der Waals surface area contributed by atoms with Gasteiger partial charge in [0, 0.05) is 31.8 Å². The molecule has 2 rings (SSSR count). The number of amides is 1. The van der Waals surface area contributed by atoms with Gasteiger partial charge < -0.3 is 15.0 Å². The number of hydrogen-bond donors (Lipinski definition) is 1. The van der Waals surface area contributed by atoms with E-state index in [0.29, 0.717) is 27.5 Å². The molecule has 1 N–H and O–H groups in total. The average molecular weight is 501 g/mol. The minimum Gasteiger partial charge on any atom is -0.497 e. The van der Waals surface area contributed by atoms with E-state index in [1.807, 2.05) is 36.1 Å². The summed E-state index contributed by atoms with van der Waals surface area (Å²) in [6, 6.07) is 13.6. The van der Waals surface area contributed by atoms with Crippen LogP contribution in [0.3, 0.4) is 0 Å². The number of aliphatic imine (C=N–C) groups is 2. The maximum absolute atomic E-state index is 13.3. The number of halogens is 1. The van der Waals surface area contributed by atoms with Crippen LogP contribution in [0, 0.1) is 5.82 Å². The van der Waals surface area contributed by atoms with Crippen molar-refractivity contribution in [3.8, 4) is 5.75 Å². The highest BCUT2D eigenvalue weighted by Crippen LogP contribution is 2.24. The fourth-order valence-corrected chi connectivity index (χ4v) is 4.47. The molecule has 0 atom stereocenters. The Balaban J connectivity index is 1.94. The van der Waals surface area contributed by atoms with Crippen LogP contribution in [0.15, 0.2) is 81.7 Å². The fraction of sp³-hybridized carbons (Fsp3) is 0.240. The van der Waals surface area contributed by atoms with Gasteiger partial charge in [-0.05, 0) is 43.3 Å². The zero-order valence-corrected chi connectivity index (χ0v) is 21.4. The van der Waals surface area contributed by atoms with Crippen molar-refractivity contribution in [3.05, 3.63) is 88.7 Å². The van der Waals surface area contributed by atoms with E-state index in [-0.39, 0.29) is 17.5 Å². The second kappa shape index (κ2) is 13.6. The minimum atomic E-state index is -0.312. The highest BCUT2D eigenvalue weighted by Gasteiger charge is 2.17.